The third-order valence-electron chi connectivity index (χ3n) is 1.52. The molecular weight excluding hydrogens is 281 g/mol. The Hall–Kier alpha value is -1.09. The molecule has 1 aromatic rings. The Morgan fingerprint density at radius 1 is 1.62 bits per heavy atom. The topological polar surface area (TPSA) is 50.1 Å². The van der Waals surface area contributed by atoms with Gasteiger partial charge in [-0.25, -0.2) is 4.79 Å². The molecule has 0 aromatic heterocycles. The summed E-state index contributed by atoms with van der Waals surface area (Å²) < 4.78 is 5.29. The molecule has 0 fully saturated rings. The van der Waals surface area contributed by atoms with Gasteiger partial charge in [0.25, 0.3) is 0 Å². The summed E-state index contributed by atoms with van der Waals surface area (Å²) in [6, 6.07) is 7.02. The Balaban J connectivity index is 3.33. The molecule has 0 amide bonds. The fourth-order valence-electron chi connectivity index (χ4n) is 0.927. The van der Waals surface area contributed by atoms with E-state index in [4.69, 9.17) is 5.26 Å². The molecule has 3 nitrogen and oxygen atoms in total. The Kier molecular flexibility index (Phi) is 3.25. The molecule has 1 aromatic carbocycles. The van der Waals surface area contributed by atoms with E-state index in [-0.39, 0.29) is 0 Å². The van der Waals surface area contributed by atoms with Crippen molar-refractivity contribution >= 4 is 28.6 Å². The van der Waals surface area contributed by atoms with Gasteiger partial charge in [-0.05, 0) is 34.7 Å². The molecule has 0 spiro atoms. The minimum atomic E-state index is -0.471. The monoisotopic (exact) mass is 287 g/mol. The van der Waals surface area contributed by atoms with Crippen LogP contribution in [0.1, 0.15) is 15.9 Å². The molecule has 0 saturated carbocycles. The first kappa shape index (κ1) is 9.99. The van der Waals surface area contributed by atoms with Gasteiger partial charge < -0.3 is 4.74 Å². The molecule has 0 aliphatic carbocycles. The molecule has 0 aliphatic rings. The van der Waals surface area contributed by atoms with Crippen molar-refractivity contribution in [1.29, 1.82) is 5.26 Å². The van der Waals surface area contributed by atoms with Crippen LogP contribution in [0.5, 0.6) is 0 Å². The normalized spacial score (nSPS) is 9.00. The molecule has 0 unspecified atom stereocenters. The minimum absolute atomic E-state index is 0.341. The zero-order chi connectivity index (χ0) is 9.84. The second-order valence-electron chi connectivity index (χ2n) is 2.27. The van der Waals surface area contributed by atoms with Crippen LogP contribution in [0.25, 0.3) is 0 Å². The lowest BCUT2D eigenvalue weighted by atomic mass is 10.1. The van der Waals surface area contributed by atoms with Gasteiger partial charge >= 0.3 is 5.97 Å². The Morgan fingerprint density at radius 2 is 2.31 bits per heavy atom. The summed E-state index contributed by atoms with van der Waals surface area (Å²) in [6.07, 6.45) is 0. The van der Waals surface area contributed by atoms with Crippen molar-refractivity contribution in [3.63, 3.8) is 0 Å². The van der Waals surface area contributed by atoms with Crippen LogP contribution in [0.3, 0.4) is 0 Å². The summed E-state index contributed by atoms with van der Waals surface area (Å²) in [5.41, 5.74) is 0.687. The average Bonchev–Trinajstić information content (AvgIpc) is 2.16. The molecule has 0 radical (unpaired) electrons. The first-order valence-electron chi connectivity index (χ1n) is 3.47. The number of benzene rings is 1. The Bertz CT molecular complexity index is 382. The summed E-state index contributed by atoms with van der Waals surface area (Å²) in [5, 5.41) is 8.73. The fraction of sp³-hybridized carbons (Fsp3) is 0.111. The highest BCUT2D eigenvalue weighted by Gasteiger charge is 2.14. The number of nitrogens with zero attached hydrogens (tertiary/aromatic N) is 1. The molecule has 0 saturated heterocycles. The molecule has 4 heteroatoms. The van der Waals surface area contributed by atoms with Crippen molar-refractivity contribution in [3.05, 3.63) is 32.9 Å². The molecule has 0 N–H and O–H groups in total. The maximum absolute atomic E-state index is 11.2. The maximum Gasteiger partial charge on any atom is 0.340 e. The molecule has 13 heavy (non-hydrogen) atoms. The van der Waals surface area contributed by atoms with Gasteiger partial charge in [-0.15, -0.1) is 0 Å². The van der Waals surface area contributed by atoms with E-state index in [2.05, 4.69) is 4.74 Å². The van der Waals surface area contributed by atoms with Crippen LogP contribution >= 0.6 is 22.6 Å². The number of hydrogen-bond acceptors (Lipinski definition) is 3. The molecule has 0 aliphatic heterocycles. The summed E-state index contributed by atoms with van der Waals surface area (Å²) in [6.45, 7) is 0. The lowest BCUT2D eigenvalue weighted by Gasteiger charge is -2.03. The van der Waals surface area contributed by atoms with E-state index in [1.54, 1.807) is 18.2 Å². The third-order valence-corrected chi connectivity index (χ3v) is 2.42. The van der Waals surface area contributed by atoms with Crippen molar-refractivity contribution in [2.45, 2.75) is 0 Å². The molecule has 0 heterocycles. The standard InChI is InChI=1S/C9H6INO2/c1-13-9(12)8-6(5-11)3-2-4-7(8)10/h2-4H,1H3. The van der Waals surface area contributed by atoms with Crippen LogP contribution in [0.2, 0.25) is 0 Å². The van der Waals surface area contributed by atoms with Crippen molar-refractivity contribution in [3.8, 4) is 6.07 Å². The van der Waals surface area contributed by atoms with Gasteiger partial charge in [0.05, 0.1) is 18.2 Å². The lowest BCUT2D eigenvalue weighted by molar-refractivity contribution is 0.0599. The number of halogens is 1. The van der Waals surface area contributed by atoms with E-state index in [9.17, 15) is 4.79 Å². The number of carbonyl (C=O) groups is 1. The summed E-state index contributed by atoms with van der Waals surface area (Å²) in [5.74, 6) is -0.471. The average molecular weight is 287 g/mol. The van der Waals surface area contributed by atoms with E-state index >= 15 is 0 Å². The van der Waals surface area contributed by atoms with E-state index < -0.39 is 5.97 Å². The van der Waals surface area contributed by atoms with Crippen LogP contribution in [-0.2, 0) is 4.74 Å². The zero-order valence-electron chi connectivity index (χ0n) is 6.87. The number of rotatable bonds is 1. The predicted octanol–water partition coefficient (Wildman–Crippen LogP) is 1.95. The highest BCUT2D eigenvalue weighted by molar-refractivity contribution is 14.1. The van der Waals surface area contributed by atoms with Gasteiger partial charge in [-0.1, -0.05) is 6.07 Å². The largest absolute Gasteiger partial charge is 0.465 e. The summed E-state index contributed by atoms with van der Waals surface area (Å²) in [4.78, 5) is 11.2. The van der Waals surface area contributed by atoms with E-state index in [0.29, 0.717) is 11.1 Å². The van der Waals surface area contributed by atoms with Crippen LogP contribution in [0.4, 0.5) is 0 Å². The van der Waals surface area contributed by atoms with Gasteiger partial charge in [-0.2, -0.15) is 5.26 Å². The van der Waals surface area contributed by atoms with Crippen LogP contribution < -0.4 is 0 Å². The Morgan fingerprint density at radius 3 is 2.85 bits per heavy atom. The first-order chi connectivity index (χ1) is 6.20. The van der Waals surface area contributed by atoms with Crippen molar-refractivity contribution < 1.29 is 9.53 Å². The quantitative estimate of drug-likeness (QED) is 0.586. The number of methoxy groups -OCH3 is 1. The van der Waals surface area contributed by atoms with E-state index in [1.807, 2.05) is 28.7 Å². The number of esters is 1. The minimum Gasteiger partial charge on any atom is -0.465 e. The van der Waals surface area contributed by atoms with Gasteiger partial charge in [0.15, 0.2) is 0 Å². The van der Waals surface area contributed by atoms with Gasteiger partial charge in [-0.3, -0.25) is 0 Å². The third kappa shape index (κ3) is 1.98. The molecule has 0 atom stereocenters. The van der Waals surface area contributed by atoms with Crippen LogP contribution in [0.15, 0.2) is 18.2 Å². The van der Waals surface area contributed by atoms with E-state index in [0.717, 1.165) is 3.57 Å². The number of nitriles is 1. The van der Waals surface area contributed by atoms with Crippen LogP contribution in [0, 0.1) is 14.9 Å². The predicted molar refractivity (Wildman–Crippen MR) is 55.2 cm³/mol. The lowest BCUT2D eigenvalue weighted by Crippen LogP contribution is -2.06. The number of ether oxygens (including phenoxy) is 1. The van der Waals surface area contributed by atoms with Crippen molar-refractivity contribution in [2.75, 3.05) is 7.11 Å². The van der Waals surface area contributed by atoms with Gasteiger partial charge in [0, 0.05) is 3.57 Å². The molecular formula is C9H6INO2. The Labute approximate surface area is 89.5 Å². The van der Waals surface area contributed by atoms with Gasteiger partial charge in [0.1, 0.15) is 6.07 Å². The van der Waals surface area contributed by atoms with E-state index in [1.165, 1.54) is 7.11 Å². The first-order valence-corrected chi connectivity index (χ1v) is 4.55. The molecule has 1 rings (SSSR count). The highest BCUT2D eigenvalue weighted by atomic mass is 127. The second kappa shape index (κ2) is 4.23. The van der Waals surface area contributed by atoms with Crippen molar-refractivity contribution in [1.82, 2.24) is 0 Å². The van der Waals surface area contributed by atoms with Crippen molar-refractivity contribution in [2.24, 2.45) is 0 Å². The SMILES string of the molecule is COC(=O)c1c(I)cccc1C#N. The molecule has 0 bridgehead atoms. The molecule has 66 valence electrons. The number of carbonyl (C=O) groups excluding carboxylic acids is 1. The smallest absolute Gasteiger partial charge is 0.340 e. The van der Waals surface area contributed by atoms with Gasteiger partial charge in [0.2, 0.25) is 0 Å². The van der Waals surface area contributed by atoms with Crippen LogP contribution in [-0.4, -0.2) is 13.1 Å². The zero-order valence-corrected chi connectivity index (χ0v) is 9.03. The summed E-state index contributed by atoms with van der Waals surface area (Å²) >= 11 is 2.00. The fourth-order valence-corrected chi connectivity index (χ4v) is 1.65. The second-order valence-corrected chi connectivity index (χ2v) is 3.43. The summed E-state index contributed by atoms with van der Waals surface area (Å²) in [7, 11) is 1.30. The number of hydrogen-bond donors (Lipinski definition) is 0. The maximum atomic E-state index is 11.2. The highest BCUT2D eigenvalue weighted by Crippen LogP contribution is 2.17.